The summed E-state index contributed by atoms with van der Waals surface area (Å²) in [7, 11) is 1.64. The fourth-order valence-corrected chi connectivity index (χ4v) is 3.24. The van der Waals surface area contributed by atoms with Gasteiger partial charge in [0.25, 0.3) is 0 Å². The third-order valence-corrected chi connectivity index (χ3v) is 4.61. The summed E-state index contributed by atoms with van der Waals surface area (Å²) in [6, 6.07) is 15.1. The zero-order chi connectivity index (χ0) is 18.4. The second kappa shape index (κ2) is 6.07. The molecule has 3 aromatic heterocycles. The van der Waals surface area contributed by atoms with Crippen LogP contribution in [0.1, 0.15) is 0 Å². The first kappa shape index (κ1) is 15.8. The molecule has 0 aliphatic rings. The van der Waals surface area contributed by atoms with Crippen molar-refractivity contribution in [2.75, 3.05) is 7.11 Å². The molecule has 0 saturated carbocycles. The molecule has 0 radical (unpaired) electrons. The van der Waals surface area contributed by atoms with Crippen LogP contribution >= 0.6 is 11.6 Å². The van der Waals surface area contributed by atoms with Crippen LogP contribution in [0.15, 0.2) is 61.1 Å². The van der Waals surface area contributed by atoms with Crippen LogP contribution in [0.5, 0.6) is 5.75 Å². The van der Waals surface area contributed by atoms with Crippen molar-refractivity contribution in [3.63, 3.8) is 0 Å². The minimum Gasteiger partial charge on any atom is -0.497 e. The van der Waals surface area contributed by atoms with E-state index in [2.05, 4.69) is 20.3 Å². The number of hydrogen-bond donors (Lipinski definition) is 0. The standard InChI is InChI=1S/C19H13ClN6O/c1-27-15-7-5-12(6-8-15)17-23-24-19-16-10-22-26(18(16)21-11-25(17)19)14-4-2-3-13(20)9-14/h2-11H,1H3. The van der Waals surface area contributed by atoms with E-state index >= 15 is 0 Å². The van der Waals surface area contributed by atoms with Gasteiger partial charge in [0.2, 0.25) is 0 Å². The van der Waals surface area contributed by atoms with Gasteiger partial charge in [0.05, 0.1) is 24.4 Å². The molecule has 3 heterocycles. The molecule has 0 aliphatic heterocycles. The van der Waals surface area contributed by atoms with E-state index < -0.39 is 0 Å². The summed E-state index contributed by atoms with van der Waals surface area (Å²) in [5, 5.41) is 14.6. The van der Waals surface area contributed by atoms with Crippen molar-refractivity contribution in [2.24, 2.45) is 0 Å². The van der Waals surface area contributed by atoms with Crippen LogP contribution in [-0.2, 0) is 0 Å². The van der Waals surface area contributed by atoms with Gasteiger partial charge in [-0.05, 0) is 42.5 Å². The topological polar surface area (TPSA) is 70.1 Å². The number of aromatic nitrogens is 6. The molecule has 2 aromatic carbocycles. The molecule has 0 amide bonds. The normalized spacial score (nSPS) is 11.3. The molecule has 0 atom stereocenters. The van der Waals surface area contributed by atoms with Gasteiger partial charge in [0.1, 0.15) is 12.1 Å². The van der Waals surface area contributed by atoms with Gasteiger partial charge in [-0.1, -0.05) is 17.7 Å². The molecule has 0 unspecified atom stereocenters. The first-order valence-corrected chi connectivity index (χ1v) is 8.60. The molecule has 7 nitrogen and oxygen atoms in total. The summed E-state index contributed by atoms with van der Waals surface area (Å²) in [6.07, 6.45) is 3.45. The van der Waals surface area contributed by atoms with Gasteiger partial charge >= 0.3 is 0 Å². The van der Waals surface area contributed by atoms with Crippen molar-refractivity contribution in [3.8, 4) is 22.8 Å². The zero-order valence-corrected chi connectivity index (χ0v) is 15.0. The van der Waals surface area contributed by atoms with Crippen LogP contribution in [0.3, 0.4) is 0 Å². The van der Waals surface area contributed by atoms with Crippen molar-refractivity contribution in [2.45, 2.75) is 0 Å². The number of fused-ring (bicyclic) bond motifs is 3. The number of hydrogen-bond acceptors (Lipinski definition) is 5. The van der Waals surface area contributed by atoms with Gasteiger partial charge in [-0.25, -0.2) is 9.67 Å². The summed E-state index contributed by atoms with van der Waals surface area (Å²) >= 11 is 6.10. The molecule has 27 heavy (non-hydrogen) atoms. The average Bonchev–Trinajstić information content (AvgIpc) is 3.32. The van der Waals surface area contributed by atoms with Crippen LogP contribution in [0.2, 0.25) is 5.02 Å². The lowest BCUT2D eigenvalue weighted by molar-refractivity contribution is 0.415. The molecule has 5 aromatic rings. The van der Waals surface area contributed by atoms with Crippen molar-refractivity contribution in [3.05, 3.63) is 66.1 Å². The molecule has 0 saturated heterocycles. The number of halogens is 1. The summed E-state index contributed by atoms with van der Waals surface area (Å²) in [5.41, 5.74) is 3.15. The number of benzene rings is 2. The van der Waals surface area contributed by atoms with E-state index in [4.69, 9.17) is 16.3 Å². The van der Waals surface area contributed by atoms with E-state index in [9.17, 15) is 0 Å². The van der Waals surface area contributed by atoms with Crippen LogP contribution in [-0.4, -0.2) is 36.5 Å². The van der Waals surface area contributed by atoms with Gasteiger partial charge < -0.3 is 4.74 Å². The van der Waals surface area contributed by atoms with Crippen molar-refractivity contribution >= 4 is 28.3 Å². The van der Waals surface area contributed by atoms with E-state index in [-0.39, 0.29) is 0 Å². The highest BCUT2D eigenvalue weighted by Gasteiger charge is 2.15. The van der Waals surface area contributed by atoms with Crippen molar-refractivity contribution in [1.29, 1.82) is 0 Å². The van der Waals surface area contributed by atoms with Gasteiger partial charge in [0, 0.05) is 10.6 Å². The third kappa shape index (κ3) is 2.51. The lowest BCUT2D eigenvalue weighted by Crippen LogP contribution is -1.99. The van der Waals surface area contributed by atoms with Gasteiger partial charge in [0.15, 0.2) is 17.1 Å². The first-order valence-electron chi connectivity index (χ1n) is 8.22. The monoisotopic (exact) mass is 376 g/mol. The van der Waals surface area contributed by atoms with Crippen LogP contribution < -0.4 is 4.74 Å². The molecule has 0 spiro atoms. The zero-order valence-electron chi connectivity index (χ0n) is 14.2. The molecule has 5 rings (SSSR count). The molecule has 8 heteroatoms. The first-order chi connectivity index (χ1) is 13.2. The summed E-state index contributed by atoms with van der Waals surface area (Å²) < 4.78 is 8.80. The maximum Gasteiger partial charge on any atom is 0.175 e. The van der Waals surface area contributed by atoms with E-state index in [1.807, 2.05) is 52.9 Å². The predicted molar refractivity (Wildman–Crippen MR) is 102 cm³/mol. The molecule has 0 bridgehead atoms. The van der Waals surface area contributed by atoms with Crippen molar-refractivity contribution in [1.82, 2.24) is 29.4 Å². The second-order valence-corrected chi connectivity index (χ2v) is 6.40. The predicted octanol–water partition coefficient (Wildman–Crippen LogP) is 3.79. The number of rotatable bonds is 3. The maximum atomic E-state index is 6.10. The fourth-order valence-electron chi connectivity index (χ4n) is 3.05. The SMILES string of the molecule is COc1ccc(-c2nnc3c4cnn(-c5cccc(Cl)c5)c4ncn23)cc1. The van der Waals surface area contributed by atoms with Gasteiger partial charge in [-0.15, -0.1) is 10.2 Å². The van der Waals surface area contributed by atoms with Crippen LogP contribution in [0.4, 0.5) is 0 Å². The number of nitrogens with zero attached hydrogens (tertiary/aromatic N) is 6. The highest BCUT2D eigenvalue weighted by atomic mass is 35.5. The highest BCUT2D eigenvalue weighted by Crippen LogP contribution is 2.25. The molecule has 132 valence electrons. The fraction of sp³-hybridized carbons (Fsp3) is 0.0526. The number of ether oxygens (including phenoxy) is 1. The van der Waals surface area contributed by atoms with E-state index in [0.29, 0.717) is 22.1 Å². The Balaban J connectivity index is 1.67. The summed E-state index contributed by atoms with van der Waals surface area (Å²) in [6.45, 7) is 0. The molecule has 0 fully saturated rings. The van der Waals surface area contributed by atoms with E-state index in [1.54, 1.807) is 24.3 Å². The third-order valence-electron chi connectivity index (χ3n) is 4.38. The van der Waals surface area contributed by atoms with Crippen LogP contribution in [0.25, 0.3) is 33.8 Å². The quantitative estimate of drug-likeness (QED) is 0.479. The smallest absolute Gasteiger partial charge is 0.175 e. The minimum absolute atomic E-state index is 0.640. The molecule has 0 aliphatic carbocycles. The largest absolute Gasteiger partial charge is 0.497 e. The van der Waals surface area contributed by atoms with Crippen molar-refractivity contribution < 1.29 is 4.74 Å². The maximum absolute atomic E-state index is 6.10. The van der Waals surface area contributed by atoms with E-state index in [0.717, 1.165) is 22.4 Å². The van der Waals surface area contributed by atoms with Crippen LogP contribution in [0, 0.1) is 0 Å². The Labute approximate surface area is 158 Å². The Bertz CT molecular complexity index is 1270. The average molecular weight is 377 g/mol. The van der Waals surface area contributed by atoms with E-state index in [1.165, 1.54) is 0 Å². The Kier molecular flexibility index (Phi) is 3.54. The highest BCUT2D eigenvalue weighted by molar-refractivity contribution is 6.30. The lowest BCUT2D eigenvalue weighted by atomic mass is 10.2. The Morgan fingerprint density at radius 3 is 2.63 bits per heavy atom. The summed E-state index contributed by atoms with van der Waals surface area (Å²) in [5.74, 6) is 1.49. The van der Waals surface area contributed by atoms with Gasteiger partial charge in [-0.3, -0.25) is 4.40 Å². The molecular formula is C19H13ClN6O. The molecular weight excluding hydrogens is 364 g/mol. The second-order valence-electron chi connectivity index (χ2n) is 5.96. The Hall–Kier alpha value is -3.45. The number of methoxy groups -OCH3 is 1. The molecule has 0 N–H and O–H groups in total. The summed E-state index contributed by atoms with van der Waals surface area (Å²) in [4.78, 5) is 4.58. The Morgan fingerprint density at radius 2 is 1.85 bits per heavy atom. The Morgan fingerprint density at radius 1 is 1.00 bits per heavy atom. The lowest BCUT2D eigenvalue weighted by Gasteiger charge is -2.04. The minimum atomic E-state index is 0.640. The van der Waals surface area contributed by atoms with Gasteiger partial charge in [-0.2, -0.15) is 5.10 Å².